The van der Waals surface area contributed by atoms with E-state index in [1.807, 2.05) is 6.92 Å². The van der Waals surface area contributed by atoms with Gasteiger partial charge < -0.3 is 15.4 Å². The lowest BCUT2D eigenvalue weighted by atomic mass is 10.0. The third-order valence-corrected chi connectivity index (χ3v) is 5.74. The van der Waals surface area contributed by atoms with E-state index >= 15 is 0 Å². The third-order valence-electron chi connectivity index (χ3n) is 3.73. The molecule has 0 spiro atoms. The van der Waals surface area contributed by atoms with Crippen LogP contribution in [0.4, 0.5) is 5.13 Å². The van der Waals surface area contributed by atoms with Crippen molar-refractivity contribution in [2.75, 3.05) is 30.8 Å². The summed E-state index contributed by atoms with van der Waals surface area (Å²) in [5.41, 5.74) is -0.661. The van der Waals surface area contributed by atoms with E-state index in [1.54, 1.807) is 0 Å². The molecule has 0 unspecified atom stereocenters. The molecule has 0 aromatic carbocycles. The van der Waals surface area contributed by atoms with E-state index in [1.165, 1.54) is 23.1 Å². The van der Waals surface area contributed by atoms with Crippen molar-refractivity contribution < 1.29 is 9.53 Å². The molecule has 9 heteroatoms. The summed E-state index contributed by atoms with van der Waals surface area (Å²) in [5.74, 6) is 0.132. The number of thioether (sulfide) groups is 1. The largest absolute Gasteiger partial charge is 0.382 e. The molecule has 1 saturated carbocycles. The predicted molar refractivity (Wildman–Crippen MR) is 95.2 cm³/mol. The number of carbonyl (C=O) groups is 1. The van der Waals surface area contributed by atoms with Crippen molar-refractivity contribution in [3.05, 3.63) is 0 Å². The monoisotopic (exact) mass is 369 g/mol. The normalized spacial score (nSPS) is 15.8. The van der Waals surface area contributed by atoms with E-state index in [0.717, 1.165) is 61.3 Å². The van der Waals surface area contributed by atoms with E-state index < -0.39 is 5.54 Å². The highest BCUT2D eigenvalue weighted by molar-refractivity contribution is 8.01. The van der Waals surface area contributed by atoms with Crippen LogP contribution in [-0.4, -0.2) is 47.2 Å². The fraction of sp³-hybridized carbons (Fsp3) is 0.733. The van der Waals surface area contributed by atoms with Crippen molar-refractivity contribution in [3.8, 4) is 6.07 Å². The van der Waals surface area contributed by atoms with Gasteiger partial charge in [-0.3, -0.25) is 4.79 Å². The lowest BCUT2D eigenvalue weighted by Gasteiger charge is -2.21. The Morgan fingerprint density at radius 2 is 2.25 bits per heavy atom. The summed E-state index contributed by atoms with van der Waals surface area (Å²) >= 11 is 2.78. The van der Waals surface area contributed by atoms with Gasteiger partial charge in [0.25, 0.3) is 0 Å². The maximum Gasteiger partial charge on any atom is 0.231 e. The molecule has 0 aliphatic heterocycles. The Bertz CT molecular complexity index is 566. The number of nitrogens with one attached hydrogen (secondary N) is 2. The zero-order valence-electron chi connectivity index (χ0n) is 13.8. The molecule has 1 heterocycles. The number of amides is 1. The highest BCUT2D eigenvalue weighted by Gasteiger charge is 2.35. The van der Waals surface area contributed by atoms with Gasteiger partial charge in [0.2, 0.25) is 11.0 Å². The average Bonchev–Trinajstić information content (AvgIpc) is 3.23. The Hall–Kier alpha value is -1.37. The van der Waals surface area contributed by atoms with Crippen LogP contribution in [0, 0.1) is 11.3 Å². The molecule has 0 bridgehead atoms. The fourth-order valence-corrected chi connectivity index (χ4v) is 4.10. The lowest BCUT2D eigenvalue weighted by Crippen LogP contribution is -2.45. The van der Waals surface area contributed by atoms with E-state index in [4.69, 9.17) is 4.74 Å². The molecule has 0 saturated heterocycles. The Labute approximate surface area is 150 Å². The van der Waals surface area contributed by atoms with Gasteiger partial charge in [-0.25, -0.2) is 0 Å². The molecule has 1 aliphatic rings. The maximum absolute atomic E-state index is 12.1. The van der Waals surface area contributed by atoms with Crippen molar-refractivity contribution in [1.82, 2.24) is 15.5 Å². The quantitative estimate of drug-likeness (QED) is 0.482. The van der Waals surface area contributed by atoms with Crippen LogP contribution in [0.15, 0.2) is 4.34 Å². The maximum atomic E-state index is 12.1. The smallest absolute Gasteiger partial charge is 0.231 e. The standard InChI is InChI=1S/C15H23N5O2S2/c1-2-22-9-5-8-17-13-19-20-14(24-13)23-10-12(21)18-15(11-16)6-3-4-7-15/h2-10H2,1H3,(H,17,19)(H,18,21). The van der Waals surface area contributed by atoms with Crippen molar-refractivity contribution in [1.29, 1.82) is 5.26 Å². The number of hydrogen-bond acceptors (Lipinski definition) is 8. The Morgan fingerprint density at radius 3 is 2.96 bits per heavy atom. The zero-order chi connectivity index (χ0) is 17.3. The summed E-state index contributed by atoms with van der Waals surface area (Å²) in [7, 11) is 0. The molecule has 2 rings (SSSR count). The van der Waals surface area contributed by atoms with Crippen LogP contribution in [-0.2, 0) is 9.53 Å². The SMILES string of the molecule is CCOCCCNc1nnc(SCC(=O)NC2(C#N)CCCC2)s1. The molecule has 1 aromatic rings. The minimum absolute atomic E-state index is 0.120. The first-order chi connectivity index (χ1) is 11.7. The lowest BCUT2D eigenvalue weighted by molar-refractivity contribution is -0.119. The second-order valence-corrected chi connectivity index (χ2v) is 7.79. The van der Waals surface area contributed by atoms with Gasteiger partial charge >= 0.3 is 0 Å². The van der Waals surface area contributed by atoms with Crippen LogP contribution >= 0.6 is 23.1 Å². The first kappa shape index (κ1) is 19.0. The summed E-state index contributed by atoms with van der Waals surface area (Å²) in [4.78, 5) is 12.1. The summed E-state index contributed by atoms with van der Waals surface area (Å²) in [6.45, 7) is 4.22. The summed E-state index contributed by atoms with van der Waals surface area (Å²) < 4.78 is 6.01. The van der Waals surface area contributed by atoms with Gasteiger partial charge in [-0.05, 0) is 39.0 Å². The number of nitrogens with zero attached hydrogens (tertiary/aromatic N) is 3. The van der Waals surface area contributed by atoms with E-state index in [-0.39, 0.29) is 11.7 Å². The molecule has 7 nitrogen and oxygen atoms in total. The van der Waals surface area contributed by atoms with Crippen LogP contribution in [0.2, 0.25) is 0 Å². The molecular formula is C15H23N5O2S2. The molecule has 1 amide bonds. The van der Waals surface area contributed by atoms with E-state index in [9.17, 15) is 10.1 Å². The summed E-state index contributed by atoms with van der Waals surface area (Å²) in [6, 6.07) is 2.26. The first-order valence-electron chi connectivity index (χ1n) is 8.17. The molecule has 1 aliphatic carbocycles. The number of aromatic nitrogens is 2. The van der Waals surface area contributed by atoms with E-state index in [0.29, 0.717) is 0 Å². The zero-order valence-corrected chi connectivity index (χ0v) is 15.5. The number of ether oxygens (including phenoxy) is 1. The molecule has 2 N–H and O–H groups in total. The van der Waals surface area contributed by atoms with Gasteiger partial charge in [-0.1, -0.05) is 23.1 Å². The minimum Gasteiger partial charge on any atom is -0.382 e. The number of anilines is 1. The molecule has 1 aromatic heterocycles. The Morgan fingerprint density at radius 1 is 1.46 bits per heavy atom. The second-order valence-electron chi connectivity index (χ2n) is 5.59. The third kappa shape index (κ3) is 5.92. The van der Waals surface area contributed by atoms with Crippen molar-refractivity contribution in [2.45, 2.75) is 48.9 Å². The molecule has 0 radical (unpaired) electrons. The van der Waals surface area contributed by atoms with Crippen LogP contribution in [0.25, 0.3) is 0 Å². The molecule has 24 heavy (non-hydrogen) atoms. The highest BCUT2D eigenvalue weighted by Crippen LogP contribution is 2.30. The second kappa shape index (κ2) is 9.81. The number of rotatable bonds is 10. The number of nitriles is 1. The molecule has 0 atom stereocenters. The fourth-order valence-electron chi connectivity index (χ4n) is 2.53. The van der Waals surface area contributed by atoms with Gasteiger partial charge in [0, 0.05) is 19.8 Å². The molecule has 132 valence electrons. The molecule has 1 fully saturated rings. The number of carbonyl (C=O) groups excluding carboxylic acids is 1. The van der Waals surface area contributed by atoms with Gasteiger partial charge in [-0.15, -0.1) is 10.2 Å². The molecular weight excluding hydrogens is 346 g/mol. The summed E-state index contributed by atoms with van der Waals surface area (Å²) in [6.07, 6.45) is 4.39. The van der Waals surface area contributed by atoms with Crippen LogP contribution < -0.4 is 10.6 Å². The number of hydrogen-bond donors (Lipinski definition) is 2. The summed E-state index contributed by atoms with van der Waals surface area (Å²) in [5, 5.41) is 24.2. The van der Waals surface area contributed by atoms with Crippen molar-refractivity contribution >= 4 is 34.1 Å². The van der Waals surface area contributed by atoms with Crippen molar-refractivity contribution in [2.24, 2.45) is 0 Å². The predicted octanol–water partition coefficient (Wildman–Crippen LogP) is 2.42. The van der Waals surface area contributed by atoms with Gasteiger partial charge in [0.15, 0.2) is 4.34 Å². The van der Waals surface area contributed by atoms with Gasteiger partial charge in [-0.2, -0.15) is 5.26 Å². The Kier molecular flexibility index (Phi) is 7.75. The van der Waals surface area contributed by atoms with Crippen LogP contribution in [0.1, 0.15) is 39.0 Å². The Balaban J connectivity index is 1.69. The van der Waals surface area contributed by atoms with Crippen LogP contribution in [0.5, 0.6) is 0 Å². The highest BCUT2D eigenvalue weighted by atomic mass is 32.2. The van der Waals surface area contributed by atoms with Crippen LogP contribution in [0.3, 0.4) is 0 Å². The minimum atomic E-state index is -0.661. The van der Waals surface area contributed by atoms with Gasteiger partial charge in [0.05, 0.1) is 11.8 Å². The van der Waals surface area contributed by atoms with Crippen molar-refractivity contribution in [3.63, 3.8) is 0 Å². The topological polar surface area (TPSA) is 99.9 Å². The van der Waals surface area contributed by atoms with Gasteiger partial charge in [0.1, 0.15) is 5.54 Å². The van der Waals surface area contributed by atoms with E-state index in [2.05, 4.69) is 26.9 Å². The average molecular weight is 370 g/mol. The first-order valence-corrected chi connectivity index (χ1v) is 9.98.